The molecule has 1 N–H and O–H groups in total. The summed E-state index contributed by atoms with van der Waals surface area (Å²) in [6.45, 7) is 3.19. The molecule has 0 radical (unpaired) electrons. The van der Waals surface area contributed by atoms with Gasteiger partial charge in [0.2, 0.25) is 5.91 Å². The lowest BCUT2D eigenvalue weighted by Gasteiger charge is -2.34. The highest BCUT2D eigenvalue weighted by Crippen LogP contribution is 2.26. The van der Waals surface area contributed by atoms with Crippen molar-refractivity contribution in [1.29, 1.82) is 0 Å². The molecule has 0 aromatic carbocycles. The van der Waals surface area contributed by atoms with Gasteiger partial charge in [0.15, 0.2) is 0 Å². The van der Waals surface area contributed by atoms with E-state index in [0.29, 0.717) is 18.0 Å². The van der Waals surface area contributed by atoms with Gasteiger partial charge in [0, 0.05) is 13.1 Å². The third kappa shape index (κ3) is 4.15. The molecule has 2 atom stereocenters. The van der Waals surface area contributed by atoms with Crippen molar-refractivity contribution < 1.29 is 14.0 Å². The van der Waals surface area contributed by atoms with E-state index in [0.717, 1.165) is 31.7 Å². The predicted octanol–water partition coefficient (Wildman–Crippen LogP) is 3.29. The van der Waals surface area contributed by atoms with Crippen LogP contribution in [0.3, 0.4) is 0 Å². The molecule has 7 heteroatoms. The largest absolute Gasteiger partial charge is 0.468 e. The quantitative estimate of drug-likeness (QED) is 0.807. The van der Waals surface area contributed by atoms with E-state index in [-0.39, 0.29) is 23.9 Å². The lowest BCUT2D eigenvalue weighted by Crippen LogP contribution is -2.48. The first kappa shape index (κ1) is 19.2. The summed E-state index contributed by atoms with van der Waals surface area (Å²) in [5.74, 6) is 0.794. The normalized spacial score (nSPS) is 21.6. The Balaban J connectivity index is 1.40. The van der Waals surface area contributed by atoms with Crippen LogP contribution in [0.4, 0.5) is 0 Å². The van der Waals surface area contributed by atoms with E-state index in [1.807, 2.05) is 29.6 Å². The Labute approximate surface area is 169 Å². The van der Waals surface area contributed by atoms with Crippen molar-refractivity contribution in [2.24, 2.45) is 0 Å². The molecule has 0 unspecified atom stereocenters. The summed E-state index contributed by atoms with van der Waals surface area (Å²) in [4.78, 5) is 30.5. The SMILES string of the molecule is O=C(NC[C@@H](c1ccco1)N1CCCCC1)[C@H]1CCCN1C(=O)c1cccs1. The monoisotopic (exact) mass is 401 g/mol. The molecule has 6 nitrogen and oxygen atoms in total. The average molecular weight is 402 g/mol. The van der Waals surface area contributed by atoms with Gasteiger partial charge < -0.3 is 14.6 Å². The molecule has 4 rings (SSSR count). The number of hydrogen-bond acceptors (Lipinski definition) is 5. The van der Waals surface area contributed by atoms with Gasteiger partial charge in [-0.1, -0.05) is 12.5 Å². The lowest BCUT2D eigenvalue weighted by molar-refractivity contribution is -0.125. The van der Waals surface area contributed by atoms with Crippen LogP contribution in [0.2, 0.25) is 0 Å². The number of furan rings is 1. The third-order valence-corrected chi connectivity index (χ3v) is 6.58. The van der Waals surface area contributed by atoms with Crippen LogP contribution in [0.1, 0.15) is 53.6 Å². The third-order valence-electron chi connectivity index (χ3n) is 5.72. The number of amides is 2. The van der Waals surface area contributed by atoms with Crippen LogP contribution in [0.15, 0.2) is 40.3 Å². The maximum absolute atomic E-state index is 12.9. The first-order chi connectivity index (χ1) is 13.7. The second kappa shape index (κ2) is 8.92. The van der Waals surface area contributed by atoms with Crippen molar-refractivity contribution in [2.45, 2.75) is 44.2 Å². The summed E-state index contributed by atoms with van der Waals surface area (Å²) in [7, 11) is 0. The standard InChI is InChI=1S/C21H27N3O3S/c25-20(16-7-4-12-24(16)21(26)19-9-6-14-28-19)22-15-17(18-8-5-13-27-18)23-10-2-1-3-11-23/h5-6,8-9,13-14,16-17H,1-4,7,10-12,15H2,(H,22,25)/t16-,17+/m1/s1. The topological polar surface area (TPSA) is 65.8 Å². The summed E-state index contributed by atoms with van der Waals surface area (Å²) >= 11 is 1.42. The number of likely N-dealkylation sites (tertiary alicyclic amines) is 2. The number of thiophene rings is 1. The van der Waals surface area contributed by atoms with Crippen LogP contribution >= 0.6 is 11.3 Å². The van der Waals surface area contributed by atoms with Crippen molar-refractivity contribution >= 4 is 23.2 Å². The van der Waals surface area contributed by atoms with Gasteiger partial charge in [-0.25, -0.2) is 0 Å². The van der Waals surface area contributed by atoms with Gasteiger partial charge in [-0.3, -0.25) is 14.5 Å². The maximum atomic E-state index is 12.9. The summed E-state index contributed by atoms with van der Waals surface area (Å²) in [5, 5.41) is 5.00. The minimum Gasteiger partial charge on any atom is -0.468 e. The van der Waals surface area contributed by atoms with Crippen molar-refractivity contribution in [1.82, 2.24) is 15.1 Å². The van der Waals surface area contributed by atoms with Gasteiger partial charge in [-0.15, -0.1) is 11.3 Å². The van der Waals surface area contributed by atoms with E-state index in [1.54, 1.807) is 11.2 Å². The van der Waals surface area contributed by atoms with Gasteiger partial charge in [-0.05, 0) is 62.4 Å². The lowest BCUT2D eigenvalue weighted by atomic mass is 10.1. The smallest absolute Gasteiger partial charge is 0.264 e. The number of rotatable bonds is 6. The van der Waals surface area contributed by atoms with Gasteiger partial charge in [0.05, 0.1) is 17.2 Å². The van der Waals surface area contributed by atoms with Crippen LogP contribution in [0.5, 0.6) is 0 Å². The van der Waals surface area contributed by atoms with E-state index in [9.17, 15) is 9.59 Å². The number of hydrogen-bond donors (Lipinski definition) is 1. The molecule has 0 saturated carbocycles. The molecule has 150 valence electrons. The zero-order valence-electron chi connectivity index (χ0n) is 16.0. The fraction of sp³-hybridized carbons (Fsp3) is 0.524. The molecule has 0 bridgehead atoms. The second-order valence-electron chi connectivity index (χ2n) is 7.51. The molecule has 2 fully saturated rings. The van der Waals surface area contributed by atoms with Crippen LogP contribution in [-0.2, 0) is 4.79 Å². The first-order valence-electron chi connectivity index (χ1n) is 10.1. The molecule has 2 aromatic rings. The van der Waals surface area contributed by atoms with Crippen LogP contribution in [0, 0.1) is 0 Å². The first-order valence-corrected chi connectivity index (χ1v) is 11.0. The van der Waals surface area contributed by atoms with E-state index in [4.69, 9.17) is 4.42 Å². The van der Waals surface area contributed by atoms with Crippen LogP contribution in [0.25, 0.3) is 0 Å². The molecule has 2 amide bonds. The molecule has 0 spiro atoms. The summed E-state index contributed by atoms with van der Waals surface area (Å²) in [6, 6.07) is 7.23. The Morgan fingerprint density at radius 3 is 2.71 bits per heavy atom. The Morgan fingerprint density at radius 2 is 2.00 bits per heavy atom. The average Bonchev–Trinajstić information content (AvgIpc) is 3.51. The Kier molecular flexibility index (Phi) is 6.12. The van der Waals surface area contributed by atoms with Crippen molar-refractivity contribution in [3.63, 3.8) is 0 Å². The predicted molar refractivity (Wildman–Crippen MR) is 108 cm³/mol. The van der Waals surface area contributed by atoms with Gasteiger partial charge in [0.25, 0.3) is 5.91 Å². The van der Waals surface area contributed by atoms with E-state index in [1.165, 1.54) is 30.6 Å². The zero-order chi connectivity index (χ0) is 19.3. The minimum absolute atomic E-state index is 0.0359. The maximum Gasteiger partial charge on any atom is 0.264 e. The van der Waals surface area contributed by atoms with Gasteiger partial charge in [-0.2, -0.15) is 0 Å². The Bertz CT molecular complexity index is 769. The summed E-state index contributed by atoms with van der Waals surface area (Å²) in [6.07, 6.45) is 6.89. The molecule has 0 aliphatic carbocycles. The van der Waals surface area contributed by atoms with Crippen molar-refractivity contribution in [2.75, 3.05) is 26.2 Å². The number of carbonyl (C=O) groups is 2. The van der Waals surface area contributed by atoms with E-state index in [2.05, 4.69) is 10.2 Å². The number of piperidine rings is 1. The second-order valence-corrected chi connectivity index (χ2v) is 8.45. The highest BCUT2D eigenvalue weighted by molar-refractivity contribution is 7.12. The molecule has 2 aliphatic rings. The Morgan fingerprint density at radius 1 is 1.14 bits per heavy atom. The summed E-state index contributed by atoms with van der Waals surface area (Å²) < 4.78 is 5.66. The van der Waals surface area contributed by atoms with Crippen LogP contribution < -0.4 is 5.32 Å². The van der Waals surface area contributed by atoms with E-state index >= 15 is 0 Å². The van der Waals surface area contributed by atoms with E-state index < -0.39 is 0 Å². The number of nitrogens with one attached hydrogen (secondary N) is 1. The molecular formula is C21H27N3O3S. The van der Waals surface area contributed by atoms with Crippen molar-refractivity contribution in [3.8, 4) is 0 Å². The fourth-order valence-electron chi connectivity index (χ4n) is 4.26. The fourth-order valence-corrected chi connectivity index (χ4v) is 4.94. The zero-order valence-corrected chi connectivity index (χ0v) is 16.8. The van der Waals surface area contributed by atoms with Crippen molar-refractivity contribution in [3.05, 3.63) is 46.5 Å². The number of carbonyl (C=O) groups excluding carboxylic acids is 2. The molecule has 2 aliphatic heterocycles. The van der Waals surface area contributed by atoms with Gasteiger partial charge in [0.1, 0.15) is 11.8 Å². The highest BCUT2D eigenvalue weighted by atomic mass is 32.1. The summed E-state index contributed by atoms with van der Waals surface area (Å²) in [5.41, 5.74) is 0. The molecule has 28 heavy (non-hydrogen) atoms. The molecular weight excluding hydrogens is 374 g/mol. The molecule has 2 aromatic heterocycles. The molecule has 4 heterocycles. The number of nitrogens with zero attached hydrogens (tertiary/aromatic N) is 2. The molecule has 2 saturated heterocycles. The highest BCUT2D eigenvalue weighted by Gasteiger charge is 2.35. The minimum atomic E-state index is -0.381. The van der Waals surface area contributed by atoms with Crippen LogP contribution in [-0.4, -0.2) is 53.8 Å². The van der Waals surface area contributed by atoms with Gasteiger partial charge >= 0.3 is 0 Å². The Hall–Kier alpha value is -2.12.